The first-order valence-electron chi connectivity index (χ1n) is 13.3. The molecule has 10 heteroatoms. The third-order valence-corrected chi connectivity index (χ3v) is 9.55. The zero-order valence-electron chi connectivity index (χ0n) is 21.1. The number of rotatable bonds is 8. The highest BCUT2D eigenvalue weighted by molar-refractivity contribution is 7.90. The molecule has 0 spiro atoms. The van der Waals surface area contributed by atoms with E-state index in [1.165, 1.54) is 3.97 Å². The van der Waals surface area contributed by atoms with E-state index in [4.69, 9.17) is 10.2 Å². The van der Waals surface area contributed by atoms with Gasteiger partial charge in [0, 0.05) is 30.6 Å². The topological polar surface area (TPSA) is 123 Å². The monoisotopic (exact) mass is 530 g/mol. The van der Waals surface area contributed by atoms with Gasteiger partial charge in [-0.05, 0) is 68.6 Å². The zero-order valence-corrected chi connectivity index (χ0v) is 21.9. The lowest BCUT2D eigenvalue weighted by atomic mass is 9.84. The Hall–Kier alpha value is -3.71. The average Bonchev–Trinajstić information content (AvgIpc) is 3.54. The molecule has 4 aromatic rings. The number of carbonyl (C=O) groups excluding carboxylic acids is 1. The van der Waals surface area contributed by atoms with Crippen molar-refractivity contribution in [1.82, 2.24) is 23.8 Å². The van der Waals surface area contributed by atoms with Gasteiger partial charge >= 0.3 is 0 Å². The summed E-state index contributed by atoms with van der Waals surface area (Å²) in [4.78, 5) is 22.4. The van der Waals surface area contributed by atoms with Gasteiger partial charge in [0.2, 0.25) is 5.91 Å². The second kappa shape index (κ2) is 9.87. The van der Waals surface area contributed by atoms with Gasteiger partial charge in [0.05, 0.1) is 29.1 Å². The van der Waals surface area contributed by atoms with Crippen LogP contribution >= 0.6 is 0 Å². The Balaban J connectivity index is 1.43. The van der Waals surface area contributed by atoms with Crippen LogP contribution in [0, 0.1) is 23.2 Å². The fourth-order valence-electron chi connectivity index (χ4n) is 5.64. The number of amides is 1. The molecule has 3 aromatic heterocycles. The maximum absolute atomic E-state index is 13.4. The van der Waals surface area contributed by atoms with Gasteiger partial charge < -0.3 is 9.88 Å². The van der Waals surface area contributed by atoms with Gasteiger partial charge in [-0.1, -0.05) is 18.2 Å². The Labute approximate surface area is 221 Å². The van der Waals surface area contributed by atoms with Crippen molar-refractivity contribution in [1.29, 1.82) is 5.26 Å². The fraction of sp³-hybridized carbons (Fsp3) is 0.429. The first kappa shape index (κ1) is 24.6. The average molecular weight is 531 g/mol. The molecule has 0 unspecified atom stereocenters. The molecule has 38 heavy (non-hydrogen) atoms. The number of benzene rings is 1. The Kier molecular flexibility index (Phi) is 6.40. The number of fused-ring (bicyclic) bond motifs is 3. The van der Waals surface area contributed by atoms with Crippen molar-refractivity contribution in [3.8, 4) is 6.07 Å². The normalized spacial score (nSPS) is 20.0. The zero-order chi connectivity index (χ0) is 26.3. The molecule has 2 aliphatic rings. The van der Waals surface area contributed by atoms with Crippen LogP contribution in [-0.2, 0) is 21.2 Å². The van der Waals surface area contributed by atoms with Crippen LogP contribution in [-0.4, -0.2) is 39.4 Å². The van der Waals surface area contributed by atoms with Crippen molar-refractivity contribution in [2.45, 2.75) is 62.3 Å². The number of nitriles is 1. The first-order valence-corrected chi connectivity index (χ1v) is 14.7. The quantitative estimate of drug-likeness (QED) is 0.362. The molecule has 0 aliphatic heterocycles. The van der Waals surface area contributed by atoms with E-state index in [9.17, 15) is 13.2 Å². The van der Waals surface area contributed by atoms with E-state index in [1.807, 2.05) is 0 Å². The minimum Gasteiger partial charge on any atom is -0.355 e. The van der Waals surface area contributed by atoms with Crippen LogP contribution in [0.2, 0.25) is 0 Å². The van der Waals surface area contributed by atoms with E-state index in [0.29, 0.717) is 47.2 Å². The van der Waals surface area contributed by atoms with Crippen LogP contribution in [0.25, 0.3) is 22.1 Å². The largest absolute Gasteiger partial charge is 0.355 e. The minimum atomic E-state index is -3.83. The van der Waals surface area contributed by atoms with Gasteiger partial charge in [-0.2, -0.15) is 5.26 Å². The number of pyridine rings is 1. The van der Waals surface area contributed by atoms with Gasteiger partial charge in [0.1, 0.15) is 11.3 Å². The summed E-state index contributed by atoms with van der Waals surface area (Å²) in [7, 11) is -3.83. The van der Waals surface area contributed by atoms with Gasteiger partial charge in [0.25, 0.3) is 10.0 Å². The number of imidazole rings is 1. The van der Waals surface area contributed by atoms with Crippen LogP contribution < -0.4 is 5.32 Å². The minimum absolute atomic E-state index is 0.0555. The van der Waals surface area contributed by atoms with E-state index < -0.39 is 10.0 Å². The maximum Gasteiger partial charge on any atom is 0.269 e. The molecular weight excluding hydrogens is 500 g/mol. The van der Waals surface area contributed by atoms with Crippen molar-refractivity contribution in [3.05, 3.63) is 54.6 Å². The predicted octanol–water partition coefficient (Wildman–Crippen LogP) is 4.34. The molecule has 0 saturated heterocycles. The summed E-state index contributed by atoms with van der Waals surface area (Å²) in [6, 6.07) is 12.5. The standard InChI is InChI=1S/C28H30N6O3S/c29-14-12-19-8-10-21(11-9-19)34-25(16-26(35)30-17-20-6-7-20)32-24-18-31-28-23(27(24)34)13-15-33(28)38(36,37)22-4-2-1-3-5-22/h1-5,13,15,18-21H,6-12,16-17H2,(H,30,35)/t19-,21-. The third-order valence-electron chi connectivity index (χ3n) is 7.87. The number of nitrogens with one attached hydrogen (secondary N) is 1. The summed E-state index contributed by atoms with van der Waals surface area (Å²) in [6.45, 7) is 0.699. The highest BCUT2D eigenvalue weighted by atomic mass is 32.2. The van der Waals surface area contributed by atoms with Crippen molar-refractivity contribution in [2.24, 2.45) is 11.8 Å². The summed E-state index contributed by atoms with van der Waals surface area (Å²) in [5, 5.41) is 12.9. The Morgan fingerprint density at radius 1 is 1.05 bits per heavy atom. The Morgan fingerprint density at radius 3 is 2.50 bits per heavy atom. The van der Waals surface area contributed by atoms with E-state index in [1.54, 1.807) is 48.8 Å². The fourth-order valence-corrected chi connectivity index (χ4v) is 6.96. The maximum atomic E-state index is 13.4. The molecule has 3 heterocycles. The summed E-state index contributed by atoms with van der Waals surface area (Å²) in [5.74, 6) is 1.59. The van der Waals surface area contributed by atoms with Crippen molar-refractivity contribution >= 4 is 38.0 Å². The highest BCUT2D eigenvalue weighted by Crippen LogP contribution is 2.38. The number of hydrogen-bond acceptors (Lipinski definition) is 6. The van der Waals surface area contributed by atoms with Crippen LogP contribution in [0.1, 0.15) is 56.8 Å². The number of nitrogens with zero attached hydrogens (tertiary/aromatic N) is 5. The lowest BCUT2D eigenvalue weighted by Crippen LogP contribution is -2.29. The molecule has 6 rings (SSSR count). The van der Waals surface area contributed by atoms with Crippen molar-refractivity contribution in [2.75, 3.05) is 6.54 Å². The van der Waals surface area contributed by atoms with Crippen LogP contribution in [0.5, 0.6) is 0 Å². The van der Waals surface area contributed by atoms with Crippen LogP contribution in [0.4, 0.5) is 0 Å². The van der Waals surface area contributed by atoms with Gasteiger partial charge in [-0.25, -0.2) is 22.4 Å². The molecule has 0 atom stereocenters. The first-order chi connectivity index (χ1) is 18.5. The smallest absolute Gasteiger partial charge is 0.269 e. The summed E-state index contributed by atoms with van der Waals surface area (Å²) in [5.41, 5.74) is 1.80. The highest BCUT2D eigenvalue weighted by Gasteiger charge is 2.29. The van der Waals surface area contributed by atoms with Gasteiger partial charge in [-0.15, -0.1) is 0 Å². The molecule has 196 valence electrons. The third kappa shape index (κ3) is 4.56. The van der Waals surface area contributed by atoms with Crippen LogP contribution in [0.3, 0.4) is 0 Å². The molecule has 9 nitrogen and oxygen atoms in total. The van der Waals surface area contributed by atoms with Crippen molar-refractivity contribution in [3.63, 3.8) is 0 Å². The SMILES string of the molecule is N#CC[C@H]1CC[C@H](n2c(CC(=O)NCC3CC3)nc3cnc4c(ccn4S(=O)(=O)c4ccccc4)c32)CC1. The molecule has 1 amide bonds. The van der Waals surface area contributed by atoms with Gasteiger partial charge in [-0.3, -0.25) is 4.79 Å². The molecule has 1 aromatic carbocycles. The molecule has 2 saturated carbocycles. The lowest BCUT2D eigenvalue weighted by molar-refractivity contribution is -0.120. The van der Waals surface area contributed by atoms with Crippen LogP contribution in [0.15, 0.2) is 53.7 Å². The van der Waals surface area contributed by atoms with Gasteiger partial charge in [0.15, 0.2) is 5.65 Å². The summed E-state index contributed by atoms with van der Waals surface area (Å²) in [6.07, 6.45) is 9.82. The molecule has 0 radical (unpaired) electrons. The molecular formula is C28H30N6O3S. The number of aromatic nitrogens is 4. The second-order valence-corrected chi connectivity index (χ2v) is 12.3. The molecule has 2 fully saturated rings. The molecule has 0 bridgehead atoms. The van der Waals surface area contributed by atoms with Crippen molar-refractivity contribution < 1.29 is 13.2 Å². The van der Waals surface area contributed by atoms with E-state index in [2.05, 4.69) is 20.9 Å². The van der Waals surface area contributed by atoms with E-state index in [0.717, 1.165) is 44.0 Å². The van der Waals surface area contributed by atoms with E-state index in [-0.39, 0.29) is 23.3 Å². The second-order valence-electron chi connectivity index (χ2n) is 10.5. The summed E-state index contributed by atoms with van der Waals surface area (Å²) >= 11 is 0. The summed E-state index contributed by atoms with van der Waals surface area (Å²) < 4.78 is 30.2. The number of carbonyl (C=O) groups is 1. The Bertz CT molecular complexity index is 1640. The Morgan fingerprint density at radius 2 is 1.79 bits per heavy atom. The lowest BCUT2D eigenvalue weighted by Gasteiger charge is -2.30. The van der Waals surface area contributed by atoms with E-state index >= 15 is 0 Å². The molecule has 1 N–H and O–H groups in total. The molecule has 2 aliphatic carbocycles. The number of hydrogen-bond donors (Lipinski definition) is 1. The predicted molar refractivity (Wildman–Crippen MR) is 143 cm³/mol.